The molecule has 2 aromatic rings. The molecule has 0 radical (unpaired) electrons. The number of aryl methyl sites for hydroxylation is 1. The lowest BCUT2D eigenvalue weighted by Crippen LogP contribution is -2.43. The Morgan fingerprint density at radius 2 is 1.97 bits per heavy atom. The van der Waals surface area contributed by atoms with Crippen molar-refractivity contribution in [2.45, 2.75) is 45.7 Å². The number of carbonyl (C=O) groups excluding carboxylic acids is 1. The van der Waals surface area contributed by atoms with Crippen molar-refractivity contribution in [1.82, 2.24) is 9.88 Å². The summed E-state index contributed by atoms with van der Waals surface area (Å²) in [7, 11) is 0. The lowest BCUT2D eigenvalue weighted by Gasteiger charge is -2.40. The molecular weight excluding hydrogens is 402 g/mol. The third-order valence-electron chi connectivity index (χ3n) is 6.04. The zero-order valence-corrected chi connectivity index (χ0v) is 18.5. The average molecular weight is 432 g/mol. The van der Waals surface area contributed by atoms with Crippen LogP contribution in [0.15, 0.2) is 65.3 Å². The second kappa shape index (κ2) is 9.36. The molecule has 0 fully saturated rings. The molecule has 0 saturated heterocycles. The third kappa shape index (κ3) is 4.43. The summed E-state index contributed by atoms with van der Waals surface area (Å²) in [6.45, 7) is 5.71. The fourth-order valence-electron chi connectivity index (χ4n) is 4.42. The van der Waals surface area contributed by atoms with E-state index in [0.717, 1.165) is 54.0 Å². The Hall–Kier alpha value is -3.45. The second-order valence-electron chi connectivity index (χ2n) is 8.24. The van der Waals surface area contributed by atoms with Gasteiger partial charge in [0.25, 0.3) is 0 Å². The Kier molecular flexibility index (Phi) is 6.37. The second-order valence-corrected chi connectivity index (χ2v) is 8.24. The molecule has 1 unspecified atom stereocenters. The molecule has 166 valence electrons. The first kappa shape index (κ1) is 21.8. The molecule has 0 spiro atoms. The minimum absolute atomic E-state index is 0.160. The monoisotopic (exact) mass is 431 g/mol. The number of aromatic nitrogens is 1. The van der Waals surface area contributed by atoms with E-state index in [2.05, 4.69) is 37.0 Å². The highest BCUT2D eigenvalue weighted by Gasteiger charge is 2.31. The van der Waals surface area contributed by atoms with E-state index in [-0.39, 0.29) is 6.04 Å². The molecule has 7 heteroatoms. The van der Waals surface area contributed by atoms with Crippen molar-refractivity contribution in [2.75, 3.05) is 11.6 Å². The molecule has 1 aromatic carbocycles. The van der Waals surface area contributed by atoms with Crippen molar-refractivity contribution >= 4 is 23.1 Å². The van der Waals surface area contributed by atoms with Crippen LogP contribution in [0.1, 0.15) is 43.0 Å². The Morgan fingerprint density at radius 1 is 1.19 bits per heavy atom. The third-order valence-corrected chi connectivity index (χ3v) is 6.04. The van der Waals surface area contributed by atoms with Crippen LogP contribution in [-0.2, 0) is 6.54 Å². The average Bonchev–Trinajstić information content (AvgIpc) is 2.80. The number of pyridine rings is 1. The van der Waals surface area contributed by atoms with Gasteiger partial charge >= 0.3 is 6.03 Å². The highest BCUT2D eigenvalue weighted by Crippen LogP contribution is 2.34. The van der Waals surface area contributed by atoms with Crippen LogP contribution in [0.2, 0.25) is 0 Å². The first-order chi connectivity index (χ1) is 15.5. The van der Waals surface area contributed by atoms with E-state index in [0.29, 0.717) is 17.3 Å². The van der Waals surface area contributed by atoms with Crippen molar-refractivity contribution in [3.05, 3.63) is 77.1 Å². The van der Waals surface area contributed by atoms with E-state index in [9.17, 15) is 10.0 Å². The number of hydroxylamine groups is 1. The number of hydrogen-bond acceptors (Lipinski definition) is 5. The van der Waals surface area contributed by atoms with Crippen molar-refractivity contribution in [2.24, 2.45) is 10.7 Å². The van der Waals surface area contributed by atoms with Crippen molar-refractivity contribution in [3.63, 3.8) is 0 Å². The van der Waals surface area contributed by atoms with Crippen LogP contribution in [0.4, 0.5) is 10.5 Å². The summed E-state index contributed by atoms with van der Waals surface area (Å²) in [5.74, 6) is 0. The van der Waals surface area contributed by atoms with Crippen molar-refractivity contribution in [1.29, 1.82) is 0 Å². The summed E-state index contributed by atoms with van der Waals surface area (Å²) >= 11 is 0. The molecule has 1 aromatic heterocycles. The number of hydrogen-bond donors (Lipinski definition) is 2. The summed E-state index contributed by atoms with van der Waals surface area (Å²) in [6.07, 6.45) is 9.33. The van der Waals surface area contributed by atoms with Crippen molar-refractivity contribution < 1.29 is 10.0 Å². The number of amides is 2. The number of rotatable bonds is 5. The van der Waals surface area contributed by atoms with Gasteiger partial charge in [-0.05, 0) is 68.0 Å². The van der Waals surface area contributed by atoms with Crippen LogP contribution in [0.3, 0.4) is 0 Å². The molecule has 2 amide bonds. The Labute approximate surface area is 188 Å². The van der Waals surface area contributed by atoms with Crippen LogP contribution in [0.5, 0.6) is 0 Å². The van der Waals surface area contributed by atoms with Gasteiger partial charge in [0.1, 0.15) is 0 Å². The van der Waals surface area contributed by atoms with Crippen LogP contribution < -0.4 is 10.8 Å². The number of nitrogens with zero attached hydrogens (tertiary/aromatic N) is 4. The maximum absolute atomic E-state index is 11.2. The van der Waals surface area contributed by atoms with Gasteiger partial charge in [-0.2, -0.15) is 5.06 Å². The topological polar surface area (TPSA) is 95.1 Å². The number of benzene rings is 1. The molecule has 3 heterocycles. The summed E-state index contributed by atoms with van der Waals surface area (Å²) in [5, 5.41) is 10.2. The van der Waals surface area contributed by atoms with Gasteiger partial charge in [-0.15, -0.1) is 0 Å². The van der Waals surface area contributed by atoms with E-state index in [1.807, 2.05) is 24.4 Å². The summed E-state index contributed by atoms with van der Waals surface area (Å²) in [5.41, 5.74) is 12.2. The van der Waals surface area contributed by atoms with Crippen LogP contribution >= 0.6 is 0 Å². The van der Waals surface area contributed by atoms with E-state index in [1.54, 1.807) is 12.1 Å². The molecular formula is C25H29N5O2. The molecule has 2 aliphatic heterocycles. The fraction of sp³-hybridized carbons (Fsp3) is 0.320. The highest BCUT2D eigenvalue weighted by atomic mass is 16.5. The van der Waals surface area contributed by atoms with Gasteiger partial charge in [0, 0.05) is 19.3 Å². The van der Waals surface area contributed by atoms with Crippen LogP contribution in [-0.4, -0.2) is 39.4 Å². The number of aliphatic imine (C=N–C) groups is 1. The van der Waals surface area contributed by atoms with Gasteiger partial charge in [0.2, 0.25) is 0 Å². The van der Waals surface area contributed by atoms with E-state index in [4.69, 9.17) is 15.7 Å². The number of carbonyl (C=O) groups is 1. The molecule has 0 bridgehead atoms. The number of primary amides is 1. The maximum atomic E-state index is 11.2. The standard InChI is InChI=1S/C25H29N5O2/c1-17-6-4-14-27-23(17)21-8-3-9-22(24-18(2)7-5-15-28-24)29(21)16-19-10-12-20(13-11-19)30(32)25(26)31/h4,6-8,10-14,22,32H,3,5,9,15-16H2,1-2H3,(H2,26,31). The molecule has 1 atom stereocenters. The van der Waals surface area contributed by atoms with Gasteiger partial charge in [-0.1, -0.05) is 30.4 Å². The molecule has 0 aliphatic carbocycles. The van der Waals surface area contributed by atoms with Gasteiger partial charge in [-0.25, -0.2) is 4.79 Å². The predicted octanol–water partition coefficient (Wildman–Crippen LogP) is 4.46. The van der Waals surface area contributed by atoms with E-state index < -0.39 is 6.03 Å². The zero-order valence-electron chi connectivity index (χ0n) is 18.5. The lowest BCUT2D eigenvalue weighted by atomic mass is 9.91. The minimum atomic E-state index is -0.915. The summed E-state index contributed by atoms with van der Waals surface area (Å²) in [4.78, 5) is 23.2. The molecule has 32 heavy (non-hydrogen) atoms. The van der Waals surface area contributed by atoms with Crippen LogP contribution in [0.25, 0.3) is 5.70 Å². The van der Waals surface area contributed by atoms with Gasteiger partial charge in [-0.3, -0.25) is 15.2 Å². The minimum Gasteiger partial charge on any atom is -0.357 e. The Balaban J connectivity index is 1.70. The fourth-order valence-corrected chi connectivity index (χ4v) is 4.42. The summed E-state index contributed by atoms with van der Waals surface area (Å²) < 4.78 is 0. The molecule has 0 saturated carbocycles. The first-order valence-corrected chi connectivity index (χ1v) is 10.9. The smallest absolute Gasteiger partial charge is 0.343 e. The lowest BCUT2D eigenvalue weighted by molar-refractivity contribution is 0.212. The van der Waals surface area contributed by atoms with Gasteiger partial charge in [0.15, 0.2) is 0 Å². The number of anilines is 1. The maximum Gasteiger partial charge on any atom is 0.343 e. The normalized spacial score (nSPS) is 18.5. The SMILES string of the molecule is CC1=CCCN=C1C1CCC=C(c2ncccc2C)N1Cc1ccc(N(O)C(N)=O)cc1. The van der Waals surface area contributed by atoms with Gasteiger partial charge < -0.3 is 10.6 Å². The molecule has 2 aliphatic rings. The summed E-state index contributed by atoms with van der Waals surface area (Å²) in [6, 6.07) is 10.5. The number of nitrogens with two attached hydrogens (primary N) is 1. The molecule has 7 nitrogen and oxygen atoms in total. The first-order valence-electron chi connectivity index (χ1n) is 10.9. The Bertz CT molecular complexity index is 1090. The number of allylic oxidation sites excluding steroid dienone is 1. The van der Waals surface area contributed by atoms with Gasteiger partial charge in [0.05, 0.1) is 28.8 Å². The van der Waals surface area contributed by atoms with Crippen LogP contribution in [0, 0.1) is 6.92 Å². The van der Waals surface area contributed by atoms with E-state index in [1.165, 1.54) is 5.57 Å². The molecule has 4 rings (SSSR count). The highest BCUT2D eigenvalue weighted by molar-refractivity contribution is 6.05. The molecule has 3 N–H and O–H groups in total. The number of urea groups is 1. The quantitative estimate of drug-likeness (QED) is 0.540. The Morgan fingerprint density at radius 3 is 2.66 bits per heavy atom. The predicted molar refractivity (Wildman–Crippen MR) is 126 cm³/mol. The van der Waals surface area contributed by atoms with Crippen molar-refractivity contribution in [3.8, 4) is 0 Å². The number of dihydropyridines is 1. The zero-order chi connectivity index (χ0) is 22.7. The largest absolute Gasteiger partial charge is 0.357 e. The van der Waals surface area contributed by atoms with E-state index >= 15 is 0 Å².